The number of methoxy groups -OCH3 is 1. The molecular weight excluding hydrogens is 318 g/mol. The number of nitrogens with zero attached hydrogens (tertiary/aromatic N) is 2. The molecule has 0 spiro atoms. The van der Waals surface area contributed by atoms with E-state index in [0.29, 0.717) is 33.2 Å². The van der Waals surface area contributed by atoms with E-state index in [0.717, 1.165) is 0 Å². The van der Waals surface area contributed by atoms with E-state index < -0.39 is 5.97 Å². The topological polar surface area (TPSA) is 87.2 Å². The molecule has 0 atom stereocenters. The van der Waals surface area contributed by atoms with Crippen molar-refractivity contribution in [2.24, 2.45) is 0 Å². The second-order valence-electron chi connectivity index (χ2n) is 4.71. The molecule has 1 aromatic heterocycles. The van der Waals surface area contributed by atoms with Gasteiger partial charge in [0.2, 0.25) is 0 Å². The maximum atomic E-state index is 10.9. The van der Waals surface area contributed by atoms with Gasteiger partial charge in [0.05, 0.1) is 24.3 Å². The fourth-order valence-corrected chi connectivity index (χ4v) is 2.36. The molecule has 0 saturated carbocycles. The Hall–Kier alpha value is -2.86. The van der Waals surface area contributed by atoms with Gasteiger partial charge in [0, 0.05) is 10.4 Å². The third kappa shape index (κ3) is 3.02. The number of fused-ring (bicyclic) bond motifs is 1. The summed E-state index contributed by atoms with van der Waals surface area (Å²) in [6, 6.07) is 9.68. The van der Waals surface area contributed by atoms with Crippen molar-refractivity contribution in [1.29, 1.82) is 0 Å². The van der Waals surface area contributed by atoms with Crippen molar-refractivity contribution in [3.8, 4) is 5.75 Å². The molecule has 3 aromatic rings. The molecule has 0 unspecified atom stereocenters. The normalized spacial score (nSPS) is 10.5. The highest BCUT2D eigenvalue weighted by atomic mass is 35.5. The predicted molar refractivity (Wildman–Crippen MR) is 85.2 cm³/mol. The SMILES string of the molecule is COc1ccc(Cl)cc1Nc1ncnc2cc(C(=O)[O-])ccc12. The number of hydrogen-bond acceptors (Lipinski definition) is 6. The molecule has 1 heterocycles. The van der Waals surface area contributed by atoms with Gasteiger partial charge in [0.15, 0.2) is 0 Å². The predicted octanol–water partition coefficient (Wildman–Crippen LogP) is 2.40. The zero-order valence-electron chi connectivity index (χ0n) is 12.0. The lowest BCUT2D eigenvalue weighted by atomic mass is 10.1. The monoisotopic (exact) mass is 328 g/mol. The Labute approximate surface area is 136 Å². The fraction of sp³-hybridized carbons (Fsp3) is 0.0625. The number of ether oxygens (including phenoxy) is 1. The molecule has 116 valence electrons. The van der Waals surface area contributed by atoms with Gasteiger partial charge in [-0.3, -0.25) is 0 Å². The molecule has 2 aromatic carbocycles. The van der Waals surface area contributed by atoms with Crippen molar-refractivity contribution in [3.05, 3.63) is 53.3 Å². The van der Waals surface area contributed by atoms with Crippen LogP contribution in [0.25, 0.3) is 10.9 Å². The van der Waals surface area contributed by atoms with E-state index in [1.54, 1.807) is 31.4 Å². The van der Waals surface area contributed by atoms with Crippen molar-refractivity contribution in [2.45, 2.75) is 0 Å². The Morgan fingerprint density at radius 3 is 2.78 bits per heavy atom. The zero-order valence-corrected chi connectivity index (χ0v) is 12.8. The van der Waals surface area contributed by atoms with Crippen molar-refractivity contribution in [3.63, 3.8) is 0 Å². The van der Waals surface area contributed by atoms with Crippen LogP contribution in [0.4, 0.5) is 11.5 Å². The number of carbonyl (C=O) groups excluding carboxylic acids is 1. The highest BCUT2D eigenvalue weighted by Crippen LogP contribution is 2.32. The molecular formula is C16H11ClN3O3-. The molecule has 0 aliphatic carbocycles. The van der Waals surface area contributed by atoms with Crippen LogP contribution in [-0.2, 0) is 0 Å². The number of hydrogen-bond donors (Lipinski definition) is 1. The lowest BCUT2D eigenvalue weighted by molar-refractivity contribution is -0.255. The second-order valence-corrected chi connectivity index (χ2v) is 5.15. The van der Waals surface area contributed by atoms with Gasteiger partial charge >= 0.3 is 0 Å². The van der Waals surface area contributed by atoms with Crippen LogP contribution in [0.5, 0.6) is 5.75 Å². The van der Waals surface area contributed by atoms with Gasteiger partial charge < -0.3 is 20.0 Å². The van der Waals surface area contributed by atoms with Gasteiger partial charge in [0.1, 0.15) is 17.9 Å². The highest BCUT2D eigenvalue weighted by molar-refractivity contribution is 6.31. The number of rotatable bonds is 4. The number of anilines is 2. The van der Waals surface area contributed by atoms with Crippen LogP contribution in [0.1, 0.15) is 10.4 Å². The van der Waals surface area contributed by atoms with E-state index in [4.69, 9.17) is 16.3 Å². The minimum absolute atomic E-state index is 0.0579. The summed E-state index contributed by atoms with van der Waals surface area (Å²) >= 11 is 6.01. The third-order valence-corrected chi connectivity index (χ3v) is 3.52. The summed E-state index contributed by atoms with van der Waals surface area (Å²) in [6.07, 6.45) is 1.35. The summed E-state index contributed by atoms with van der Waals surface area (Å²) < 4.78 is 5.28. The van der Waals surface area contributed by atoms with Crippen molar-refractivity contribution in [2.75, 3.05) is 12.4 Å². The summed E-state index contributed by atoms with van der Waals surface area (Å²) in [5.74, 6) is -0.135. The van der Waals surface area contributed by atoms with E-state index in [1.165, 1.54) is 18.5 Å². The zero-order chi connectivity index (χ0) is 16.4. The van der Waals surface area contributed by atoms with Crippen molar-refractivity contribution < 1.29 is 14.6 Å². The number of aromatic carboxylic acids is 1. The smallest absolute Gasteiger partial charge is 0.142 e. The third-order valence-electron chi connectivity index (χ3n) is 3.29. The van der Waals surface area contributed by atoms with Crippen LogP contribution >= 0.6 is 11.6 Å². The summed E-state index contributed by atoms with van der Waals surface area (Å²) in [7, 11) is 1.55. The maximum Gasteiger partial charge on any atom is 0.142 e. The van der Waals surface area contributed by atoms with Crippen LogP contribution in [0.2, 0.25) is 5.02 Å². The molecule has 3 rings (SSSR count). The lowest BCUT2D eigenvalue weighted by Crippen LogP contribution is -2.22. The average molecular weight is 329 g/mol. The first-order chi connectivity index (χ1) is 11.1. The number of carboxylic acids is 1. The second kappa shape index (κ2) is 6.10. The highest BCUT2D eigenvalue weighted by Gasteiger charge is 2.09. The fourth-order valence-electron chi connectivity index (χ4n) is 2.19. The molecule has 6 nitrogen and oxygen atoms in total. The number of halogens is 1. The van der Waals surface area contributed by atoms with E-state index >= 15 is 0 Å². The molecule has 0 saturated heterocycles. The minimum atomic E-state index is -1.25. The molecule has 0 aliphatic rings. The number of carbonyl (C=O) groups is 1. The van der Waals surface area contributed by atoms with Crippen LogP contribution < -0.4 is 15.2 Å². The number of aromatic nitrogens is 2. The van der Waals surface area contributed by atoms with E-state index in [-0.39, 0.29) is 5.56 Å². The average Bonchev–Trinajstić information content (AvgIpc) is 2.55. The quantitative estimate of drug-likeness (QED) is 0.791. The Kier molecular flexibility index (Phi) is 3.99. The Balaban J connectivity index is 2.07. The standard InChI is InChI=1S/C16H12ClN3O3/c1-23-14-5-3-10(17)7-13(14)20-15-11-4-2-9(16(21)22)6-12(11)18-8-19-15/h2-8H,1H3,(H,21,22)(H,18,19,20)/p-1. The summed E-state index contributed by atoms with van der Waals surface area (Å²) in [5.41, 5.74) is 1.19. The number of benzene rings is 2. The van der Waals surface area contributed by atoms with E-state index in [2.05, 4.69) is 15.3 Å². The van der Waals surface area contributed by atoms with Gasteiger partial charge in [0.25, 0.3) is 0 Å². The van der Waals surface area contributed by atoms with Crippen LogP contribution in [0.15, 0.2) is 42.7 Å². The van der Waals surface area contributed by atoms with Crippen LogP contribution in [0, 0.1) is 0 Å². The van der Waals surface area contributed by atoms with Crippen molar-refractivity contribution >= 4 is 40.0 Å². The molecule has 23 heavy (non-hydrogen) atoms. The first-order valence-electron chi connectivity index (χ1n) is 6.65. The number of carboxylic acid groups (broad SMARTS) is 1. The van der Waals surface area contributed by atoms with Gasteiger partial charge in [-0.25, -0.2) is 9.97 Å². The summed E-state index contributed by atoms with van der Waals surface area (Å²) in [5, 5.41) is 15.3. The maximum absolute atomic E-state index is 10.9. The first-order valence-corrected chi connectivity index (χ1v) is 7.03. The molecule has 1 N–H and O–H groups in total. The summed E-state index contributed by atoms with van der Waals surface area (Å²) in [4.78, 5) is 19.2. The molecule has 0 fully saturated rings. The van der Waals surface area contributed by atoms with Gasteiger partial charge in [-0.1, -0.05) is 17.7 Å². The largest absolute Gasteiger partial charge is 0.545 e. The van der Waals surface area contributed by atoms with Crippen LogP contribution in [-0.4, -0.2) is 23.0 Å². The summed E-state index contributed by atoms with van der Waals surface area (Å²) in [6.45, 7) is 0. The Morgan fingerprint density at radius 1 is 1.22 bits per heavy atom. The van der Waals surface area contributed by atoms with Crippen LogP contribution in [0.3, 0.4) is 0 Å². The van der Waals surface area contributed by atoms with Gasteiger partial charge in [-0.05, 0) is 35.9 Å². The first kappa shape index (κ1) is 15.1. The Morgan fingerprint density at radius 2 is 2.04 bits per heavy atom. The molecule has 0 radical (unpaired) electrons. The van der Waals surface area contributed by atoms with Crippen molar-refractivity contribution in [1.82, 2.24) is 9.97 Å². The Bertz CT molecular complexity index is 899. The van der Waals surface area contributed by atoms with E-state index in [1.807, 2.05) is 0 Å². The van der Waals surface area contributed by atoms with Gasteiger partial charge in [-0.15, -0.1) is 0 Å². The molecule has 0 amide bonds. The molecule has 0 aliphatic heterocycles. The molecule has 7 heteroatoms. The lowest BCUT2D eigenvalue weighted by Gasteiger charge is -2.13. The van der Waals surface area contributed by atoms with Gasteiger partial charge in [-0.2, -0.15) is 0 Å². The number of nitrogens with one attached hydrogen (secondary N) is 1. The van der Waals surface area contributed by atoms with E-state index in [9.17, 15) is 9.90 Å². The molecule has 0 bridgehead atoms. The minimum Gasteiger partial charge on any atom is -0.545 e.